The summed E-state index contributed by atoms with van der Waals surface area (Å²) >= 11 is 6.29. The Labute approximate surface area is 177 Å². The molecule has 1 unspecified atom stereocenters. The molecule has 0 bridgehead atoms. The van der Waals surface area contributed by atoms with Crippen LogP contribution in [0.3, 0.4) is 0 Å². The normalized spacial score (nSPS) is 22.6. The summed E-state index contributed by atoms with van der Waals surface area (Å²) in [6.45, 7) is 1.91. The zero-order chi connectivity index (χ0) is 20.0. The molecule has 4 heteroatoms. The van der Waals surface area contributed by atoms with Gasteiger partial charge in [0.05, 0.1) is 0 Å². The molecule has 1 spiro atoms. The Balaban J connectivity index is 1.42. The van der Waals surface area contributed by atoms with Crippen LogP contribution >= 0.6 is 11.6 Å². The van der Waals surface area contributed by atoms with Crippen molar-refractivity contribution in [3.63, 3.8) is 0 Å². The number of halogens is 1. The van der Waals surface area contributed by atoms with Crippen LogP contribution in [0, 0.1) is 12.3 Å². The number of aromatic nitrogens is 1. The predicted molar refractivity (Wildman–Crippen MR) is 119 cm³/mol. The van der Waals surface area contributed by atoms with Crippen LogP contribution in [-0.4, -0.2) is 18.1 Å². The van der Waals surface area contributed by atoms with E-state index in [1.165, 1.54) is 23.1 Å². The molecule has 3 aliphatic rings. The number of nitrogens with one attached hydrogen (secondary N) is 1. The second-order valence-corrected chi connectivity index (χ2v) is 9.39. The van der Waals surface area contributed by atoms with Gasteiger partial charge >= 0.3 is 0 Å². The van der Waals surface area contributed by atoms with Gasteiger partial charge < -0.3 is 9.88 Å². The first-order chi connectivity index (χ1) is 14.1. The minimum absolute atomic E-state index is 0.118. The van der Waals surface area contributed by atoms with Crippen LogP contribution in [0.25, 0.3) is 0 Å². The fourth-order valence-corrected chi connectivity index (χ4v) is 5.97. The van der Waals surface area contributed by atoms with Gasteiger partial charge in [-0.05, 0) is 91.7 Å². The SMILES string of the molecule is C#CC1CCC2(CCN(c3cc4c(c(=O)[nH]3)CCCC4)CC2)c2ccc(Cl)cc21. The van der Waals surface area contributed by atoms with Gasteiger partial charge in [0.15, 0.2) is 0 Å². The van der Waals surface area contributed by atoms with Gasteiger partial charge in [-0.25, -0.2) is 0 Å². The number of aryl methyl sites for hydroxylation is 1. The van der Waals surface area contributed by atoms with Crippen LogP contribution in [-0.2, 0) is 18.3 Å². The third-order valence-electron chi connectivity index (χ3n) is 7.47. The molecule has 0 amide bonds. The minimum atomic E-state index is 0.118. The summed E-state index contributed by atoms with van der Waals surface area (Å²) in [4.78, 5) is 18.1. The number of hydrogen-bond donors (Lipinski definition) is 1. The number of rotatable bonds is 1. The topological polar surface area (TPSA) is 36.1 Å². The van der Waals surface area contributed by atoms with Crippen LogP contribution in [0.1, 0.15) is 66.7 Å². The molecular weight excluding hydrogens is 380 g/mol. The van der Waals surface area contributed by atoms with Crippen molar-refractivity contribution in [2.45, 2.75) is 62.7 Å². The lowest BCUT2D eigenvalue weighted by Gasteiger charge is -2.47. The van der Waals surface area contributed by atoms with Crippen LogP contribution < -0.4 is 10.5 Å². The van der Waals surface area contributed by atoms with E-state index in [1.807, 2.05) is 6.07 Å². The molecule has 1 N–H and O–H groups in total. The second-order valence-electron chi connectivity index (χ2n) is 8.95. The standard InChI is InChI=1S/C25H27ClN2O/c1-2-17-9-10-25(22-8-7-19(26)16-21(17)22)11-13-28(14-12-25)23-15-18-5-3-4-6-20(18)24(29)27-23/h1,7-8,15-17H,3-6,9-14H2,(H,27,29). The first-order valence-corrected chi connectivity index (χ1v) is 11.2. The summed E-state index contributed by atoms with van der Waals surface area (Å²) in [5.41, 5.74) is 5.21. The van der Waals surface area contributed by atoms with Crippen LogP contribution in [0.15, 0.2) is 29.1 Å². The molecule has 0 saturated carbocycles. The molecule has 1 aromatic heterocycles. The van der Waals surface area contributed by atoms with E-state index < -0.39 is 0 Å². The molecule has 1 saturated heterocycles. The highest BCUT2D eigenvalue weighted by Crippen LogP contribution is 2.49. The van der Waals surface area contributed by atoms with E-state index in [1.54, 1.807) is 0 Å². The van der Waals surface area contributed by atoms with Gasteiger partial charge in [-0.1, -0.05) is 23.6 Å². The fraction of sp³-hybridized carbons (Fsp3) is 0.480. The van der Waals surface area contributed by atoms with E-state index in [0.29, 0.717) is 0 Å². The Hall–Kier alpha value is -2.18. The van der Waals surface area contributed by atoms with Crippen LogP contribution in [0.2, 0.25) is 5.02 Å². The third-order valence-corrected chi connectivity index (χ3v) is 7.71. The van der Waals surface area contributed by atoms with E-state index in [0.717, 1.165) is 74.4 Å². The Bertz CT molecular complexity index is 1040. The van der Waals surface area contributed by atoms with Crippen molar-refractivity contribution < 1.29 is 0 Å². The lowest BCUT2D eigenvalue weighted by atomic mass is 9.62. The van der Waals surface area contributed by atoms with Gasteiger partial charge in [0, 0.05) is 29.6 Å². The van der Waals surface area contributed by atoms with E-state index in [2.05, 4.69) is 34.0 Å². The molecule has 1 fully saturated rings. The highest BCUT2D eigenvalue weighted by atomic mass is 35.5. The molecule has 3 nitrogen and oxygen atoms in total. The number of anilines is 1. The number of fused-ring (bicyclic) bond motifs is 3. The van der Waals surface area contributed by atoms with Gasteiger partial charge in [-0.2, -0.15) is 0 Å². The molecule has 2 heterocycles. The van der Waals surface area contributed by atoms with Crippen LogP contribution in [0.5, 0.6) is 0 Å². The molecule has 1 atom stereocenters. The molecule has 0 radical (unpaired) electrons. The number of aromatic amines is 1. The summed E-state index contributed by atoms with van der Waals surface area (Å²) in [5, 5.41) is 0.769. The van der Waals surface area contributed by atoms with Crippen molar-refractivity contribution in [2.75, 3.05) is 18.0 Å². The van der Waals surface area contributed by atoms with Gasteiger partial charge in [0.25, 0.3) is 5.56 Å². The maximum atomic E-state index is 12.6. The van der Waals surface area contributed by atoms with Crippen molar-refractivity contribution in [2.24, 2.45) is 0 Å². The smallest absolute Gasteiger partial charge is 0.252 e. The molecule has 1 aliphatic heterocycles. The summed E-state index contributed by atoms with van der Waals surface area (Å²) in [7, 11) is 0. The maximum absolute atomic E-state index is 12.6. The first kappa shape index (κ1) is 18.8. The number of pyridine rings is 1. The Morgan fingerprint density at radius 1 is 1.14 bits per heavy atom. The number of nitrogens with zero attached hydrogens (tertiary/aromatic N) is 1. The Kier molecular flexibility index (Phi) is 4.71. The molecule has 2 aliphatic carbocycles. The van der Waals surface area contributed by atoms with Crippen molar-refractivity contribution in [1.82, 2.24) is 4.98 Å². The quantitative estimate of drug-likeness (QED) is 0.680. The summed E-state index contributed by atoms with van der Waals surface area (Å²) in [6, 6.07) is 8.53. The lowest BCUT2D eigenvalue weighted by Crippen LogP contribution is -2.45. The van der Waals surface area contributed by atoms with Crippen molar-refractivity contribution in [3.05, 3.63) is 61.9 Å². The summed E-state index contributed by atoms with van der Waals surface area (Å²) in [6.07, 6.45) is 14.4. The van der Waals surface area contributed by atoms with Gasteiger partial charge in [-0.15, -0.1) is 6.42 Å². The molecular formula is C25H27ClN2O. The maximum Gasteiger partial charge on any atom is 0.252 e. The summed E-state index contributed by atoms with van der Waals surface area (Å²) in [5.74, 6) is 4.14. The van der Waals surface area contributed by atoms with Crippen molar-refractivity contribution >= 4 is 17.4 Å². The highest BCUT2D eigenvalue weighted by Gasteiger charge is 2.42. The van der Waals surface area contributed by atoms with Gasteiger partial charge in [0.2, 0.25) is 0 Å². The van der Waals surface area contributed by atoms with Crippen LogP contribution in [0.4, 0.5) is 5.82 Å². The van der Waals surface area contributed by atoms with Gasteiger partial charge in [0.1, 0.15) is 5.82 Å². The predicted octanol–water partition coefficient (Wildman–Crippen LogP) is 4.96. The fourth-order valence-electron chi connectivity index (χ4n) is 5.79. The zero-order valence-electron chi connectivity index (χ0n) is 16.8. The number of H-pyrrole nitrogens is 1. The Morgan fingerprint density at radius 2 is 1.93 bits per heavy atom. The van der Waals surface area contributed by atoms with Crippen molar-refractivity contribution in [3.8, 4) is 12.3 Å². The molecule has 5 rings (SSSR count). The molecule has 29 heavy (non-hydrogen) atoms. The van der Waals surface area contributed by atoms with E-state index >= 15 is 0 Å². The zero-order valence-corrected chi connectivity index (χ0v) is 17.5. The van der Waals surface area contributed by atoms with E-state index in [4.69, 9.17) is 18.0 Å². The average molecular weight is 407 g/mol. The Morgan fingerprint density at radius 3 is 2.72 bits per heavy atom. The van der Waals surface area contributed by atoms with E-state index in [-0.39, 0.29) is 16.9 Å². The largest absolute Gasteiger partial charge is 0.358 e. The van der Waals surface area contributed by atoms with Crippen molar-refractivity contribution in [1.29, 1.82) is 0 Å². The lowest BCUT2D eigenvalue weighted by molar-refractivity contribution is 0.280. The number of hydrogen-bond acceptors (Lipinski definition) is 2. The number of benzene rings is 1. The second kappa shape index (κ2) is 7.26. The molecule has 2 aromatic rings. The molecule has 1 aromatic carbocycles. The number of terminal acetylenes is 1. The number of piperidine rings is 1. The van der Waals surface area contributed by atoms with Gasteiger partial charge in [-0.3, -0.25) is 4.79 Å². The highest BCUT2D eigenvalue weighted by molar-refractivity contribution is 6.30. The minimum Gasteiger partial charge on any atom is -0.358 e. The van der Waals surface area contributed by atoms with E-state index in [9.17, 15) is 4.79 Å². The third kappa shape index (κ3) is 3.19. The summed E-state index contributed by atoms with van der Waals surface area (Å²) < 4.78 is 0. The molecule has 150 valence electrons. The monoisotopic (exact) mass is 406 g/mol. The average Bonchev–Trinajstić information content (AvgIpc) is 2.74. The first-order valence-electron chi connectivity index (χ1n) is 10.9.